The minimum atomic E-state index is -0.337. The topological polar surface area (TPSA) is 93.9 Å². The zero-order valence-corrected chi connectivity index (χ0v) is 11.5. The van der Waals surface area contributed by atoms with Crippen molar-refractivity contribution >= 4 is 11.6 Å². The number of amides is 1. The van der Waals surface area contributed by atoms with E-state index in [1.54, 1.807) is 17.0 Å². The first-order valence-electron chi connectivity index (χ1n) is 6.48. The van der Waals surface area contributed by atoms with Gasteiger partial charge in [-0.25, -0.2) is 0 Å². The Morgan fingerprint density at radius 3 is 2.40 bits per heavy atom. The fourth-order valence-electron chi connectivity index (χ4n) is 1.95. The molecule has 5 nitrogen and oxygen atoms in total. The molecule has 1 unspecified atom stereocenters. The molecule has 5 heteroatoms. The number of carbonyl (C=O) groups is 1. The van der Waals surface area contributed by atoms with Crippen molar-refractivity contribution in [3.63, 3.8) is 0 Å². The van der Waals surface area contributed by atoms with Crippen molar-refractivity contribution in [3.05, 3.63) is 29.8 Å². The second-order valence-electron chi connectivity index (χ2n) is 4.53. The van der Waals surface area contributed by atoms with Gasteiger partial charge in [0.15, 0.2) is 0 Å². The fourth-order valence-corrected chi connectivity index (χ4v) is 1.95. The van der Waals surface area contributed by atoms with Crippen LogP contribution in [0.25, 0.3) is 0 Å². The van der Waals surface area contributed by atoms with Gasteiger partial charge in [-0.15, -0.1) is 0 Å². The van der Waals surface area contributed by atoms with Gasteiger partial charge in [-0.3, -0.25) is 4.79 Å². The molecule has 0 fully saturated rings. The van der Waals surface area contributed by atoms with E-state index in [1.807, 2.05) is 31.2 Å². The molecule has 1 aromatic rings. The van der Waals surface area contributed by atoms with Crippen LogP contribution in [0.5, 0.6) is 0 Å². The van der Waals surface area contributed by atoms with Crippen LogP contribution < -0.4 is 5.73 Å². The van der Waals surface area contributed by atoms with Crippen molar-refractivity contribution < 1.29 is 4.79 Å². The Morgan fingerprint density at radius 2 is 1.90 bits per heavy atom. The number of rotatable bonds is 6. The van der Waals surface area contributed by atoms with Gasteiger partial charge >= 0.3 is 0 Å². The van der Waals surface area contributed by atoms with Crippen molar-refractivity contribution in [1.82, 2.24) is 4.90 Å². The number of carbonyl (C=O) groups excluding carboxylic acids is 1. The molecule has 1 atom stereocenters. The zero-order valence-electron chi connectivity index (χ0n) is 11.5. The lowest BCUT2D eigenvalue weighted by molar-refractivity contribution is -0.132. The van der Waals surface area contributed by atoms with E-state index in [-0.39, 0.29) is 24.7 Å². The Kier molecular flexibility index (Phi) is 6.06. The maximum absolute atomic E-state index is 12.4. The third-order valence-corrected chi connectivity index (χ3v) is 3.08. The summed E-state index contributed by atoms with van der Waals surface area (Å²) >= 11 is 0. The van der Waals surface area contributed by atoms with Crippen LogP contribution in [0.1, 0.15) is 31.2 Å². The first-order chi connectivity index (χ1) is 9.60. The van der Waals surface area contributed by atoms with Crippen LogP contribution in [0.4, 0.5) is 5.69 Å². The molecule has 0 aliphatic heterocycles. The molecular formula is C15H18N4O. The number of hydrogen-bond donors (Lipinski definition) is 1. The molecule has 20 heavy (non-hydrogen) atoms. The number of nitrogens with zero attached hydrogens (tertiary/aromatic N) is 3. The standard InChI is InChI=1S/C15H18N4O/c1-12(13-5-2-6-14(18)11-13)15(20)19(9-3-7-16)10-4-8-17/h2,5-6,11-12H,3-4,9-10,18H2,1H3. The molecule has 0 aliphatic rings. The maximum atomic E-state index is 12.4. The average molecular weight is 270 g/mol. The molecule has 0 saturated heterocycles. The highest BCUT2D eigenvalue weighted by molar-refractivity contribution is 5.83. The molecule has 0 radical (unpaired) electrons. The monoisotopic (exact) mass is 270 g/mol. The van der Waals surface area contributed by atoms with Gasteiger partial charge in [-0.2, -0.15) is 10.5 Å². The molecular weight excluding hydrogens is 252 g/mol. The van der Waals surface area contributed by atoms with Crippen LogP contribution in [-0.2, 0) is 4.79 Å². The van der Waals surface area contributed by atoms with Gasteiger partial charge in [0, 0.05) is 18.8 Å². The first kappa shape index (κ1) is 15.5. The lowest BCUT2D eigenvalue weighted by atomic mass is 9.99. The molecule has 1 rings (SSSR count). The van der Waals surface area contributed by atoms with E-state index in [1.165, 1.54) is 0 Å². The summed E-state index contributed by atoms with van der Waals surface area (Å²) in [6, 6.07) is 11.2. The van der Waals surface area contributed by atoms with Gasteiger partial charge in [0.2, 0.25) is 5.91 Å². The van der Waals surface area contributed by atoms with E-state index < -0.39 is 0 Å². The minimum Gasteiger partial charge on any atom is -0.399 e. The lowest BCUT2D eigenvalue weighted by Crippen LogP contribution is -2.35. The largest absolute Gasteiger partial charge is 0.399 e. The van der Waals surface area contributed by atoms with Crippen LogP contribution in [0.15, 0.2) is 24.3 Å². The van der Waals surface area contributed by atoms with Gasteiger partial charge in [0.25, 0.3) is 0 Å². The molecule has 1 amide bonds. The molecule has 1 aromatic carbocycles. The van der Waals surface area contributed by atoms with Gasteiger partial charge in [0.05, 0.1) is 30.9 Å². The number of nitriles is 2. The highest BCUT2D eigenvalue weighted by Crippen LogP contribution is 2.20. The summed E-state index contributed by atoms with van der Waals surface area (Å²) in [6.07, 6.45) is 0.529. The summed E-state index contributed by atoms with van der Waals surface area (Å²) in [5, 5.41) is 17.3. The fraction of sp³-hybridized carbons (Fsp3) is 0.400. The summed E-state index contributed by atoms with van der Waals surface area (Å²) < 4.78 is 0. The summed E-state index contributed by atoms with van der Waals surface area (Å²) in [7, 11) is 0. The molecule has 2 N–H and O–H groups in total. The summed E-state index contributed by atoms with van der Waals surface area (Å²) in [6.45, 7) is 2.51. The highest BCUT2D eigenvalue weighted by Gasteiger charge is 2.21. The SMILES string of the molecule is CC(C(=O)N(CCC#N)CCC#N)c1cccc(N)c1. The normalized spacial score (nSPS) is 11.2. The number of benzene rings is 1. The summed E-state index contributed by atoms with van der Waals surface area (Å²) in [4.78, 5) is 14.0. The first-order valence-corrected chi connectivity index (χ1v) is 6.48. The molecule has 0 spiro atoms. The number of nitrogens with two attached hydrogens (primary N) is 1. The van der Waals surface area contributed by atoms with E-state index in [4.69, 9.17) is 16.3 Å². The van der Waals surface area contributed by atoms with Crippen LogP contribution in [0.2, 0.25) is 0 Å². The van der Waals surface area contributed by atoms with Crippen LogP contribution in [0, 0.1) is 22.7 Å². The molecule has 104 valence electrons. The molecule has 0 bridgehead atoms. The lowest BCUT2D eigenvalue weighted by Gasteiger charge is -2.24. The summed E-state index contributed by atoms with van der Waals surface area (Å²) in [5.74, 6) is -0.419. The Labute approximate surface area is 119 Å². The van der Waals surface area contributed by atoms with Crippen LogP contribution in [0.3, 0.4) is 0 Å². The van der Waals surface area contributed by atoms with E-state index in [2.05, 4.69) is 0 Å². The van der Waals surface area contributed by atoms with Crippen molar-refractivity contribution in [1.29, 1.82) is 10.5 Å². The third-order valence-electron chi connectivity index (χ3n) is 3.08. The minimum absolute atomic E-state index is 0.0823. The van der Waals surface area contributed by atoms with Gasteiger partial charge in [-0.1, -0.05) is 12.1 Å². The van der Waals surface area contributed by atoms with Gasteiger partial charge in [-0.05, 0) is 24.6 Å². The van der Waals surface area contributed by atoms with E-state index in [9.17, 15) is 4.79 Å². The Balaban J connectivity index is 2.82. The van der Waals surface area contributed by atoms with Crippen molar-refractivity contribution in [2.75, 3.05) is 18.8 Å². The second-order valence-corrected chi connectivity index (χ2v) is 4.53. The number of hydrogen-bond acceptors (Lipinski definition) is 4. The zero-order chi connectivity index (χ0) is 15.0. The molecule has 0 aliphatic carbocycles. The molecule has 0 saturated carbocycles. The smallest absolute Gasteiger partial charge is 0.229 e. The third kappa shape index (κ3) is 4.29. The van der Waals surface area contributed by atoms with Crippen molar-refractivity contribution in [3.8, 4) is 12.1 Å². The van der Waals surface area contributed by atoms with Gasteiger partial charge in [0.1, 0.15) is 0 Å². The number of nitrogen functional groups attached to an aromatic ring is 1. The molecule has 0 aromatic heterocycles. The van der Waals surface area contributed by atoms with Crippen molar-refractivity contribution in [2.45, 2.75) is 25.7 Å². The summed E-state index contributed by atoms with van der Waals surface area (Å²) in [5.41, 5.74) is 7.18. The highest BCUT2D eigenvalue weighted by atomic mass is 16.2. The predicted molar refractivity (Wildman–Crippen MR) is 76.3 cm³/mol. The number of anilines is 1. The Bertz CT molecular complexity index is 524. The molecule has 0 heterocycles. The quantitative estimate of drug-likeness (QED) is 0.800. The Hall–Kier alpha value is -2.53. The van der Waals surface area contributed by atoms with Crippen LogP contribution in [-0.4, -0.2) is 23.9 Å². The second kappa shape index (κ2) is 7.81. The van der Waals surface area contributed by atoms with Crippen molar-refractivity contribution in [2.24, 2.45) is 0 Å². The van der Waals surface area contributed by atoms with Crippen LogP contribution >= 0.6 is 0 Å². The van der Waals surface area contributed by atoms with E-state index in [0.29, 0.717) is 18.8 Å². The van der Waals surface area contributed by atoms with Gasteiger partial charge < -0.3 is 10.6 Å². The van der Waals surface area contributed by atoms with E-state index >= 15 is 0 Å². The average Bonchev–Trinajstić information content (AvgIpc) is 2.46. The predicted octanol–water partition coefficient (Wildman–Crippen LogP) is 2.03. The maximum Gasteiger partial charge on any atom is 0.229 e. The Morgan fingerprint density at radius 1 is 1.30 bits per heavy atom. The van der Waals surface area contributed by atoms with E-state index in [0.717, 1.165) is 5.56 Å².